The zero-order valence-electron chi connectivity index (χ0n) is 25.2. The van der Waals surface area contributed by atoms with Gasteiger partial charge in [0.05, 0.1) is 23.2 Å². The summed E-state index contributed by atoms with van der Waals surface area (Å²) in [7, 11) is 0. The molecular formula is C32H30F4N6O3S. The Morgan fingerprint density at radius 3 is 2.39 bits per heavy atom. The van der Waals surface area contributed by atoms with Crippen LogP contribution in [0.25, 0.3) is 17.1 Å². The second-order valence-electron chi connectivity index (χ2n) is 10.9. The van der Waals surface area contributed by atoms with Crippen molar-refractivity contribution in [1.29, 1.82) is 0 Å². The normalized spacial score (nSPS) is 15.8. The number of aromatic nitrogens is 3. The molecule has 4 aromatic rings. The lowest BCUT2D eigenvalue weighted by Gasteiger charge is -2.22. The summed E-state index contributed by atoms with van der Waals surface area (Å²) >= 11 is 1.15. The number of aliphatic imine (C=N–C) groups is 1. The summed E-state index contributed by atoms with van der Waals surface area (Å²) in [4.78, 5) is 35.5. The van der Waals surface area contributed by atoms with E-state index in [-0.39, 0.29) is 28.5 Å². The van der Waals surface area contributed by atoms with Crippen LogP contribution in [0.1, 0.15) is 49.6 Å². The minimum Gasteiger partial charge on any atom is -0.406 e. The van der Waals surface area contributed by atoms with Gasteiger partial charge in [0, 0.05) is 5.56 Å². The molecule has 14 heteroatoms. The Balaban J connectivity index is 1.24. The van der Waals surface area contributed by atoms with Gasteiger partial charge in [-0.15, -0.1) is 18.3 Å². The van der Waals surface area contributed by atoms with E-state index in [1.165, 1.54) is 47.1 Å². The first-order valence-corrected chi connectivity index (χ1v) is 15.3. The fraction of sp³-hybridized carbons (Fsp3) is 0.281. The Morgan fingerprint density at radius 1 is 1.04 bits per heavy atom. The van der Waals surface area contributed by atoms with Crippen LogP contribution in [0.15, 0.2) is 78.0 Å². The van der Waals surface area contributed by atoms with Gasteiger partial charge < -0.3 is 10.1 Å². The molecule has 0 saturated carbocycles. The van der Waals surface area contributed by atoms with Crippen molar-refractivity contribution >= 4 is 34.6 Å². The molecule has 1 fully saturated rings. The molecule has 240 valence electrons. The molecule has 1 aliphatic heterocycles. The van der Waals surface area contributed by atoms with Crippen molar-refractivity contribution in [3.8, 4) is 22.8 Å². The third-order valence-electron chi connectivity index (χ3n) is 7.12. The fourth-order valence-electron chi connectivity index (χ4n) is 4.83. The summed E-state index contributed by atoms with van der Waals surface area (Å²) in [5.74, 6) is 0.0478. The summed E-state index contributed by atoms with van der Waals surface area (Å²) in [5, 5.41) is 7.16. The summed E-state index contributed by atoms with van der Waals surface area (Å²) in [6.07, 6.45) is -4.96. The molecule has 0 radical (unpaired) electrons. The Kier molecular flexibility index (Phi) is 9.47. The second kappa shape index (κ2) is 13.3. The maximum absolute atomic E-state index is 15.4. The molecule has 3 aromatic carbocycles. The number of hydrogen-bond donors (Lipinski definition) is 1. The van der Waals surface area contributed by atoms with Crippen LogP contribution >= 0.6 is 11.8 Å². The molecular weight excluding hydrogens is 624 g/mol. The fourth-order valence-corrected chi connectivity index (χ4v) is 5.69. The summed E-state index contributed by atoms with van der Waals surface area (Å²) in [6, 6.07) is 15.6. The number of alkyl halides is 4. The number of amides is 3. The number of carbonyl (C=O) groups excluding carboxylic acids is 2. The first kappa shape index (κ1) is 32.7. The van der Waals surface area contributed by atoms with Gasteiger partial charge in [0.1, 0.15) is 18.2 Å². The van der Waals surface area contributed by atoms with E-state index in [2.05, 4.69) is 25.1 Å². The van der Waals surface area contributed by atoms with Crippen LogP contribution < -0.4 is 15.0 Å². The molecule has 0 spiro atoms. The molecule has 3 amide bonds. The number of carbonyl (C=O) groups is 2. The van der Waals surface area contributed by atoms with E-state index in [9.17, 15) is 22.8 Å². The van der Waals surface area contributed by atoms with Gasteiger partial charge >= 0.3 is 12.4 Å². The molecule has 0 bridgehead atoms. The molecule has 0 aliphatic carbocycles. The molecule has 9 nitrogen and oxygen atoms in total. The molecule has 1 aliphatic rings. The van der Waals surface area contributed by atoms with E-state index in [0.717, 1.165) is 22.9 Å². The number of amidine groups is 1. The molecule has 1 saturated heterocycles. The van der Waals surface area contributed by atoms with Crippen LogP contribution in [0.2, 0.25) is 0 Å². The third-order valence-corrected chi connectivity index (χ3v) is 8.04. The van der Waals surface area contributed by atoms with Crippen molar-refractivity contribution in [2.24, 2.45) is 4.99 Å². The topological polar surface area (TPSA) is 102 Å². The van der Waals surface area contributed by atoms with Gasteiger partial charge in [-0.1, -0.05) is 62.0 Å². The van der Waals surface area contributed by atoms with Crippen molar-refractivity contribution in [3.63, 3.8) is 0 Å². The zero-order chi connectivity index (χ0) is 33.2. The van der Waals surface area contributed by atoms with Crippen LogP contribution in [0.3, 0.4) is 0 Å². The van der Waals surface area contributed by atoms with Crippen molar-refractivity contribution in [3.05, 3.63) is 89.7 Å². The third kappa shape index (κ3) is 7.56. The summed E-state index contributed by atoms with van der Waals surface area (Å²) in [6.45, 7) is 7.49. The highest BCUT2D eigenvalue weighted by atomic mass is 32.2. The number of nitrogens with zero attached hydrogens (tertiary/aromatic N) is 5. The van der Waals surface area contributed by atoms with Crippen molar-refractivity contribution in [1.82, 2.24) is 20.1 Å². The van der Waals surface area contributed by atoms with Crippen molar-refractivity contribution in [2.75, 3.05) is 10.7 Å². The molecule has 2 atom stereocenters. The number of nitrogens with one attached hydrogen (secondary N) is 1. The number of anilines is 1. The lowest BCUT2D eigenvalue weighted by molar-refractivity contribution is -0.274. The monoisotopic (exact) mass is 654 g/mol. The van der Waals surface area contributed by atoms with E-state index in [1.54, 1.807) is 24.3 Å². The van der Waals surface area contributed by atoms with E-state index < -0.39 is 24.6 Å². The maximum Gasteiger partial charge on any atom is 0.573 e. The highest BCUT2D eigenvalue weighted by molar-refractivity contribution is 8.15. The van der Waals surface area contributed by atoms with Gasteiger partial charge in [0.25, 0.3) is 0 Å². The van der Waals surface area contributed by atoms with Gasteiger partial charge in [0.2, 0.25) is 5.91 Å². The van der Waals surface area contributed by atoms with E-state index in [4.69, 9.17) is 0 Å². The lowest BCUT2D eigenvalue weighted by atomic mass is 9.99. The number of urea groups is 1. The smallest absolute Gasteiger partial charge is 0.406 e. The van der Waals surface area contributed by atoms with Gasteiger partial charge in [-0.25, -0.2) is 18.9 Å². The molecule has 5 rings (SSSR count). The Morgan fingerprint density at radius 2 is 1.74 bits per heavy atom. The number of aryl methyl sites for hydroxylation is 1. The largest absolute Gasteiger partial charge is 0.573 e. The number of thioether (sulfide) groups is 1. The highest BCUT2D eigenvalue weighted by Gasteiger charge is 2.33. The average molecular weight is 655 g/mol. The number of ether oxygens (including phenoxy) is 1. The zero-order valence-corrected chi connectivity index (χ0v) is 26.1. The minimum atomic E-state index is -4.79. The molecule has 1 aromatic heterocycles. The highest BCUT2D eigenvalue weighted by Crippen LogP contribution is 2.34. The SMILES string of the molecule is Cc1ccc(C(C)C)c(N2C(=O)CSC2=NC(=O)NC(C)C(F)c2ccc(-c3ncn(-c4ccc(OC(F)(F)F)cc4)n3)cc2)c1. The first-order valence-electron chi connectivity index (χ1n) is 14.3. The number of benzene rings is 3. The lowest BCUT2D eigenvalue weighted by Crippen LogP contribution is -2.36. The number of hydrogen-bond acceptors (Lipinski definition) is 6. The quantitative estimate of drug-likeness (QED) is 0.197. The van der Waals surface area contributed by atoms with Crippen LogP contribution in [0.5, 0.6) is 5.75 Å². The van der Waals surface area contributed by atoms with E-state index in [0.29, 0.717) is 28.3 Å². The predicted molar refractivity (Wildman–Crippen MR) is 168 cm³/mol. The van der Waals surface area contributed by atoms with Crippen molar-refractivity contribution < 1.29 is 31.9 Å². The summed E-state index contributed by atoms with van der Waals surface area (Å²) in [5.41, 5.74) is 3.94. The van der Waals surface area contributed by atoms with Crippen LogP contribution in [0.4, 0.5) is 28.0 Å². The number of rotatable bonds is 8. The minimum absolute atomic E-state index is 0.136. The van der Waals surface area contributed by atoms with Gasteiger partial charge in [0.15, 0.2) is 11.0 Å². The molecule has 2 unspecified atom stereocenters. The van der Waals surface area contributed by atoms with Gasteiger partial charge in [-0.3, -0.25) is 9.69 Å². The van der Waals surface area contributed by atoms with Gasteiger partial charge in [-0.2, -0.15) is 4.99 Å². The average Bonchev–Trinajstić information content (AvgIpc) is 3.63. The summed E-state index contributed by atoms with van der Waals surface area (Å²) < 4.78 is 58.0. The molecule has 2 heterocycles. The Bertz CT molecular complexity index is 1760. The predicted octanol–water partition coefficient (Wildman–Crippen LogP) is 7.51. The first-order chi connectivity index (χ1) is 21.8. The number of halogens is 4. The van der Waals surface area contributed by atoms with E-state index >= 15 is 4.39 Å². The maximum atomic E-state index is 15.4. The van der Waals surface area contributed by atoms with Crippen LogP contribution in [-0.4, -0.2) is 50.0 Å². The molecule has 1 N–H and O–H groups in total. The second-order valence-corrected chi connectivity index (χ2v) is 11.9. The van der Waals surface area contributed by atoms with Gasteiger partial charge in [-0.05, 0) is 66.8 Å². The van der Waals surface area contributed by atoms with Crippen molar-refractivity contribution in [2.45, 2.75) is 52.2 Å². The standard InChI is InChI=1S/C32H30F4N6O3S/c1-18(2)25-14-5-19(3)15-26(25)42-27(43)16-46-31(42)39-30(44)38-20(4)28(33)21-6-8-22(9-7-21)29-37-17-41(40-29)23-10-12-24(13-11-23)45-32(34,35)36/h5-15,17-18,20,28H,16H2,1-4H3,(H,38,44). The Labute approximate surface area is 266 Å². The van der Waals surface area contributed by atoms with Crippen LogP contribution in [0, 0.1) is 6.92 Å². The Hall–Kier alpha value is -4.72. The molecule has 46 heavy (non-hydrogen) atoms. The van der Waals surface area contributed by atoms with E-state index in [1.807, 2.05) is 39.0 Å². The van der Waals surface area contributed by atoms with Crippen LogP contribution in [-0.2, 0) is 4.79 Å².